The Morgan fingerprint density at radius 2 is 1.95 bits per heavy atom. The van der Waals surface area contributed by atoms with Gasteiger partial charge in [-0.3, -0.25) is 9.78 Å². The zero-order chi connectivity index (χ0) is 13.9. The minimum Gasteiger partial charge on any atom is -0.319 e. The number of hydrogen-bond donors (Lipinski definition) is 1. The van der Waals surface area contributed by atoms with Gasteiger partial charge in [0.15, 0.2) is 14.9 Å². The second-order valence-electron chi connectivity index (χ2n) is 3.82. The fraction of sp³-hybridized carbons (Fsp3) is 0.0833. The summed E-state index contributed by atoms with van der Waals surface area (Å²) in [6.07, 6.45) is 5.33. The predicted octanol–water partition coefficient (Wildman–Crippen LogP) is 1.13. The number of nitrogens with zero attached hydrogens (tertiary/aromatic N) is 2. The van der Waals surface area contributed by atoms with E-state index in [1.165, 1.54) is 18.5 Å². The molecule has 6 nitrogen and oxygen atoms in total. The van der Waals surface area contributed by atoms with Crippen LogP contribution in [0.1, 0.15) is 10.4 Å². The summed E-state index contributed by atoms with van der Waals surface area (Å²) in [6, 6.07) is 6.24. The molecule has 1 N–H and O–H groups in total. The van der Waals surface area contributed by atoms with Crippen LogP contribution in [0.15, 0.2) is 47.9 Å². The number of hydrogen-bond acceptors (Lipinski definition) is 5. The van der Waals surface area contributed by atoms with Gasteiger partial charge in [0.05, 0.1) is 11.3 Å². The van der Waals surface area contributed by atoms with E-state index in [0.29, 0.717) is 5.56 Å². The van der Waals surface area contributed by atoms with Crippen LogP contribution in [-0.4, -0.2) is 30.5 Å². The molecule has 0 fully saturated rings. The molecule has 0 saturated carbocycles. The number of carbonyl (C=O) groups excluding carboxylic acids is 1. The fourth-order valence-corrected chi connectivity index (χ4v) is 2.24. The van der Waals surface area contributed by atoms with Crippen molar-refractivity contribution in [1.29, 1.82) is 0 Å². The van der Waals surface area contributed by atoms with Crippen molar-refractivity contribution in [3.05, 3.63) is 48.4 Å². The largest absolute Gasteiger partial charge is 0.319 e. The van der Waals surface area contributed by atoms with E-state index in [1.807, 2.05) is 0 Å². The van der Waals surface area contributed by atoms with Crippen LogP contribution in [0.5, 0.6) is 0 Å². The van der Waals surface area contributed by atoms with Crippen LogP contribution in [-0.2, 0) is 9.84 Å². The van der Waals surface area contributed by atoms with E-state index in [-0.39, 0.29) is 10.7 Å². The van der Waals surface area contributed by atoms with Gasteiger partial charge in [-0.25, -0.2) is 13.4 Å². The summed E-state index contributed by atoms with van der Waals surface area (Å²) in [6.45, 7) is 0. The molecule has 2 aromatic rings. The molecule has 19 heavy (non-hydrogen) atoms. The number of aromatic nitrogens is 2. The minimum atomic E-state index is -3.50. The van der Waals surface area contributed by atoms with Gasteiger partial charge in [-0.05, 0) is 24.3 Å². The van der Waals surface area contributed by atoms with Crippen LogP contribution in [0.4, 0.5) is 5.69 Å². The first-order valence-electron chi connectivity index (χ1n) is 5.35. The Bertz CT molecular complexity index is 699. The minimum absolute atomic E-state index is 0.152. The van der Waals surface area contributed by atoms with E-state index >= 15 is 0 Å². The number of amides is 1. The highest BCUT2D eigenvalue weighted by Crippen LogP contribution is 2.18. The molecule has 0 aliphatic heterocycles. The predicted molar refractivity (Wildman–Crippen MR) is 69.5 cm³/mol. The lowest BCUT2D eigenvalue weighted by Crippen LogP contribution is -2.15. The van der Waals surface area contributed by atoms with Crippen molar-refractivity contribution >= 4 is 21.4 Å². The number of rotatable bonds is 3. The van der Waals surface area contributed by atoms with Crippen molar-refractivity contribution in [2.24, 2.45) is 0 Å². The lowest BCUT2D eigenvalue weighted by Gasteiger charge is -2.08. The summed E-state index contributed by atoms with van der Waals surface area (Å²) in [4.78, 5) is 19.5. The Morgan fingerprint density at radius 1 is 1.21 bits per heavy atom. The maximum atomic E-state index is 11.9. The Hall–Kier alpha value is -2.28. The quantitative estimate of drug-likeness (QED) is 0.908. The third-order valence-electron chi connectivity index (χ3n) is 2.29. The van der Waals surface area contributed by atoms with Crippen LogP contribution in [0.2, 0.25) is 0 Å². The molecule has 0 atom stereocenters. The number of pyridine rings is 2. The van der Waals surface area contributed by atoms with Crippen molar-refractivity contribution in [2.75, 3.05) is 11.6 Å². The zero-order valence-electron chi connectivity index (χ0n) is 10.1. The molecule has 98 valence electrons. The van der Waals surface area contributed by atoms with Crippen molar-refractivity contribution in [1.82, 2.24) is 9.97 Å². The zero-order valence-corrected chi connectivity index (χ0v) is 10.9. The van der Waals surface area contributed by atoms with Gasteiger partial charge in [-0.15, -0.1) is 0 Å². The van der Waals surface area contributed by atoms with Crippen molar-refractivity contribution < 1.29 is 13.2 Å². The van der Waals surface area contributed by atoms with Gasteiger partial charge in [0.1, 0.15) is 0 Å². The first-order valence-corrected chi connectivity index (χ1v) is 7.24. The summed E-state index contributed by atoms with van der Waals surface area (Å²) < 4.78 is 23.1. The second kappa shape index (κ2) is 5.15. The van der Waals surface area contributed by atoms with Gasteiger partial charge in [0.2, 0.25) is 0 Å². The molecule has 1 amide bonds. The lowest BCUT2D eigenvalue weighted by atomic mass is 10.2. The average Bonchev–Trinajstić information content (AvgIpc) is 2.39. The van der Waals surface area contributed by atoms with Crippen LogP contribution in [0, 0.1) is 0 Å². The van der Waals surface area contributed by atoms with Crippen molar-refractivity contribution in [3.63, 3.8) is 0 Å². The number of carbonyl (C=O) groups is 1. The van der Waals surface area contributed by atoms with E-state index in [2.05, 4.69) is 15.3 Å². The molecule has 7 heteroatoms. The summed E-state index contributed by atoms with van der Waals surface area (Å²) in [5, 5.41) is 2.35. The molecule has 2 aromatic heterocycles. The third kappa shape index (κ3) is 3.14. The molecule has 0 radical (unpaired) electrons. The standard InChI is InChI=1S/C12H11N3O3S/c1-19(17,18)12-10(5-3-7-14-12)15-11(16)9-4-2-6-13-8-9/h2-8H,1H3,(H,15,16). The molecule has 0 aromatic carbocycles. The Morgan fingerprint density at radius 3 is 2.58 bits per heavy atom. The van der Waals surface area contributed by atoms with Gasteiger partial charge < -0.3 is 5.32 Å². The summed E-state index contributed by atoms with van der Waals surface area (Å²) in [5.41, 5.74) is 0.490. The van der Waals surface area contributed by atoms with Gasteiger partial charge >= 0.3 is 0 Å². The number of sulfone groups is 1. The van der Waals surface area contributed by atoms with E-state index in [9.17, 15) is 13.2 Å². The Balaban J connectivity index is 2.33. The Kier molecular flexibility index (Phi) is 3.57. The van der Waals surface area contributed by atoms with E-state index < -0.39 is 15.7 Å². The average molecular weight is 277 g/mol. The van der Waals surface area contributed by atoms with Crippen LogP contribution >= 0.6 is 0 Å². The van der Waals surface area contributed by atoms with Gasteiger partial charge in [0.25, 0.3) is 5.91 Å². The maximum Gasteiger partial charge on any atom is 0.257 e. The number of anilines is 1. The van der Waals surface area contributed by atoms with Crippen molar-refractivity contribution in [3.8, 4) is 0 Å². The molecule has 0 aliphatic carbocycles. The van der Waals surface area contributed by atoms with Gasteiger partial charge in [-0.1, -0.05) is 0 Å². The second-order valence-corrected chi connectivity index (χ2v) is 5.76. The molecular formula is C12H11N3O3S. The molecule has 0 aliphatic rings. The third-order valence-corrected chi connectivity index (χ3v) is 3.32. The van der Waals surface area contributed by atoms with Crippen LogP contribution in [0.25, 0.3) is 0 Å². The normalized spacial score (nSPS) is 11.0. The highest BCUT2D eigenvalue weighted by molar-refractivity contribution is 7.90. The summed E-state index contributed by atoms with van der Waals surface area (Å²) >= 11 is 0. The van der Waals surface area contributed by atoms with Gasteiger partial charge in [0, 0.05) is 24.8 Å². The topological polar surface area (TPSA) is 89.0 Å². The van der Waals surface area contributed by atoms with Crippen molar-refractivity contribution in [2.45, 2.75) is 5.03 Å². The smallest absolute Gasteiger partial charge is 0.257 e. The molecule has 2 rings (SSSR count). The molecule has 2 heterocycles. The summed E-state index contributed by atoms with van der Waals surface area (Å²) in [7, 11) is -3.50. The first-order chi connectivity index (χ1) is 8.98. The number of nitrogens with one attached hydrogen (secondary N) is 1. The molecule has 0 saturated heterocycles. The monoisotopic (exact) mass is 277 g/mol. The molecule has 0 unspecified atom stereocenters. The SMILES string of the molecule is CS(=O)(=O)c1ncccc1NC(=O)c1cccnc1. The molecule has 0 spiro atoms. The first kappa shape index (κ1) is 13.2. The maximum absolute atomic E-state index is 11.9. The lowest BCUT2D eigenvalue weighted by molar-refractivity contribution is 0.102. The molecule has 0 bridgehead atoms. The highest BCUT2D eigenvalue weighted by Gasteiger charge is 2.16. The Labute approximate surface area is 110 Å². The molecular weight excluding hydrogens is 266 g/mol. The van der Waals surface area contributed by atoms with E-state index in [1.54, 1.807) is 24.4 Å². The fourth-order valence-electron chi connectivity index (χ4n) is 1.47. The van der Waals surface area contributed by atoms with E-state index in [4.69, 9.17) is 0 Å². The van der Waals surface area contributed by atoms with E-state index in [0.717, 1.165) is 6.26 Å². The highest BCUT2D eigenvalue weighted by atomic mass is 32.2. The van der Waals surface area contributed by atoms with Crippen LogP contribution < -0.4 is 5.32 Å². The van der Waals surface area contributed by atoms with Gasteiger partial charge in [-0.2, -0.15) is 0 Å². The summed E-state index contributed by atoms with van der Waals surface area (Å²) in [5.74, 6) is -0.439. The van der Waals surface area contributed by atoms with Crippen LogP contribution in [0.3, 0.4) is 0 Å².